The SMILES string of the molecule is C=Cc1c2[nH]c(c1C)/C=C1\N/C(=C3\c4[nH]c(c(C)c4C(=O)[C@@H]3C(=O)OC)/C=c3\[nH]/c(c(C)c3CC)=C\2)[C@@H](CCC(=O)OC/C=C(/C)CCC[C@H](C)CCC[C@H](C)CCCC(C)C)[C@@H]1C. The topological polar surface area (TPSA) is 129 Å². The predicted molar refractivity (Wildman–Crippen MR) is 262 cm³/mol. The number of ether oxygens (including phenoxy) is 2. The van der Waals surface area contributed by atoms with E-state index in [2.05, 4.69) is 107 Å². The van der Waals surface area contributed by atoms with E-state index >= 15 is 0 Å². The summed E-state index contributed by atoms with van der Waals surface area (Å²) < 4.78 is 11.1. The molecule has 0 unspecified atom stereocenters. The summed E-state index contributed by atoms with van der Waals surface area (Å²) in [5.74, 6) is -0.275. The Balaban J connectivity index is 1.21. The van der Waals surface area contributed by atoms with Crippen LogP contribution in [0.5, 0.6) is 0 Å². The van der Waals surface area contributed by atoms with Gasteiger partial charge in [0.2, 0.25) is 0 Å². The smallest absolute Gasteiger partial charge is 0.321 e. The van der Waals surface area contributed by atoms with Crippen molar-refractivity contribution in [3.05, 3.63) is 96.5 Å². The lowest BCUT2D eigenvalue weighted by Crippen LogP contribution is -2.25. The number of nitrogens with one attached hydrogen (secondary N) is 4. The summed E-state index contributed by atoms with van der Waals surface area (Å²) >= 11 is 0. The van der Waals surface area contributed by atoms with Crippen LogP contribution < -0.4 is 16.0 Å². The van der Waals surface area contributed by atoms with E-state index in [1.165, 1.54) is 63.2 Å². The molecule has 9 heteroatoms. The van der Waals surface area contributed by atoms with Crippen LogP contribution in [0.3, 0.4) is 0 Å². The Kier molecular flexibility index (Phi) is 16.1. The van der Waals surface area contributed by atoms with Gasteiger partial charge in [-0.15, -0.1) is 0 Å². The molecule has 2 aliphatic heterocycles. The van der Waals surface area contributed by atoms with Crippen molar-refractivity contribution >= 4 is 47.6 Å². The third-order valence-electron chi connectivity index (χ3n) is 14.6. The Hall–Kier alpha value is -5.05. The molecule has 3 aromatic rings. The quantitative estimate of drug-likeness (QED) is 0.0508. The predicted octanol–water partition coefficient (Wildman–Crippen LogP) is 11.1. The van der Waals surface area contributed by atoms with Gasteiger partial charge in [0, 0.05) is 74.1 Å². The van der Waals surface area contributed by atoms with Gasteiger partial charge in [0.1, 0.15) is 12.5 Å². The molecule has 4 N–H and O–H groups in total. The fourth-order valence-corrected chi connectivity index (χ4v) is 10.4. The third-order valence-corrected chi connectivity index (χ3v) is 14.6. The van der Waals surface area contributed by atoms with Gasteiger partial charge in [-0.1, -0.05) is 105 Å². The maximum Gasteiger partial charge on any atom is 0.321 e. The minimum atomic E-state index is -1.14. The molecule has 346 valence electrons. The van der Waals surface area contributed by atoms with Gasteiger partial charge in [-0.2, -0.15) is 0 Å². The highest BCUT2D eigenvalue weighted by Crippen LogP contribution is 2.48. The number of Topliss-reactive ketones (excluding diaryl/α,β-unsaturated/α-hetero) is 1. The molecule has 3 aliphatic rings. The second kappa shape index (κ2) is 21.3. The lowest BCUT2D eigenvalue weighted by atomic mass is 9.85. The number of allylic oxidation sites excluding steroid dienone is 3. The monoisotopic (exact) mass is 873 g/mol. The number of fused-ring (bicyclic) bond motifs is 7. The van der Waals surface area contributed by atoms with Gasteiger partial charge in [-0.05, 0) is 118 Å². The highest BCUT2D eigenvalue weighted by atomic mass is 16.5. The molecule has 64 heavy (non-hydrogen) atoms. The van der Waals surface area contributed by atoms with E-state index in [0.717, 1.165) is 98.4 Å². The minimum Gasteiger partial charge on any atom is -0.468 e. The van der Waals surface area contributed by atoms with Gasteiger partial charge >= 0.3 is 11.9 Å². The van der Waals surface area contributed by atoms with Crippen molar-refractivity contribution in [2.75, 3.05) is 13.7 Å². The van der Waals surface area contributed by atoms with Crippen molar-refractivity contribution in [2.45, 2.75) is 146 Å². The number of hydrogen-bond acceptors (Lipinski definition) is 6. The van der Waals surface area contributed by atoms with Crippen molar-refractivity contribution < 1.29 is 23.9 Å². The summed E-state index contributed by atoms with van der Waals surface area (Å²) in [5.41, 5.74) is 12.5. The highest BCUT2D eigenvalue weighted by molar-refractivity contribution is 6.24. The first-order valence-electron chi connectivity index (χ1n) is 24.2. The zero-order valence-corrected chi connectivity index (χ0v) is 40.8. The second-order valence-electron chi connectivity index (χ2n) is 19.7. The van der Waals surface area contributed by atoms with Gasteiger partial charge in [-0.3, -0.25) is 14.4 Å². The van der Waals surface area contributed by atoms with Crippen LogP contribution in [0.15, 0.2) is 29.6 Å². The number of methoxy groups -OCH3 is 1. The van der Waals surface area contributed by atoms with Crippen LogP contribution in [0.4, 0.5) is 0 Å². The van der Waals surface area contributed by atoms with Crippen LogP contribution >= 0.6 is 0 Å². The Labute approximate surface area is 382 Å². The first kappa shape index (κ1) is 48.4. The fraction of sp³-hybridized carbons (Fsp3) is 0.545. The van der Waals surface area contributed by atoms with Crippen LogP contribution in [-0.2, 0) is 25.5 Å². The first-order chi connectivity index (χ1) is 30.6. The molecule has 0 radical (unpaired) electrons. The normalized spacial score (nSPS) is 22.0. The Bertz CT molecular complexity index is 2450. The van der Waals surface area contributed by atoms with Crippen molar-refractivity contribution in [3.8, 4) is 0 Å². The maximum absolute atomic E-state index is 14.4. The van der Waals surface area contributed by atoms with Crippen molar-refractivity contribution in [3.63, 3.8) is 0 Å². The molecule has 0 saturated carbocycles. The number of aromatic nitrogens is 3. The van der Waals surface area contributed by atoms with E-state index in [1.807, 2.05) is 19.1 Å². The van der Waals surface area contributed by atoms with E-state index in [4.69, 9.17) is 9.47 Å². The number of ketones is 1. The van der Waals surface area contributed by atoms with Crippen molar-refractivity contribution in [1.82, 2.24) is 20.3 Å². The van der Waals surface area contributed by atoms with Crippen LogP contribution in [0, 0.1) is 56.3 Å². The van der Waals surface area contributed by atoms with Gasteiger partial charge in [0.05, 0.1) is 12.8 Å². The van der Waals surface area contributed by atoms with Gasteiger partial charge in [0.25, 0.3) is 0 Å². The summed E-state index contributed by atoms with van der Waals surface area (Å²) in [5, 5.41) is 5.66. The molecule has 5 heterocycles. The van der Waals surface area contributed by atoms with Crippen LogP contribution in [0.1, 0.15) is 180 Å². The number of hydrogen-bond donors (Lipinski definition) is 4. The third kappa shape index (κ3) is 10.6. The Morgan fingerprint density at radius 2 is 1.48 bits per heavy atom. The molecular formula is C55H76N4O5. The number of aromatic amines is 3. The first-order valence-corrected chi connectivity index (χ1v) is 24.2. The molecule has 0 aromatic carbocycles. The molecule has 1 fully saturated rings. The van der Waals surface area contributed by atoms with E-state index in [-0.39, 0.29) is 36.6 Å². The second-order valence-corrected chi connectivity index (χ2v) is 19.7. The molecule has 8 bridgehead atoms. The van der Waals surface area contributed by atoms with Gasteiger partial charge in [-0.25, -0.2) is 0 Å². The lowest BCUT2D eigenvalue weighted by Gasteiger charge is -2.19. The largest absolute Gasteiger partial charge is 0.468 e. The summed E-state index contributed by atoms with van der Waals surface area (Å²) in [7, 11) is 1.32. The number of carbonyl (C=O) groups excluding carboxylic acids is 3. The fourth-order valence-electron chi connectivity index (χ4n) is 10.4. The van der Waals surface area contributed by atoms with Crippen molar-refractivity contribution in [2.24, 2.45) is 35.5 Å². The lowest BCUT2D eigenvalue weighted by molar-refractivity contribution is -0.143. The Morgan fingerprint density at radius 1 is 0.828 bits per heavy atom. The zero-order chi connectivity index (χ0) is 46.4. The maximum atomic E-state index is 14.4. The van der Waals surface area contributed by atoms with E-state index in [1.54, 1.807) is 0 Å². The molecular weight excluding hydrogens is 797 g/mol. The van der Waals surface area contributed by atoms with Gasteiger partial charge in [0.15, 0.2) is 5.78 Å². The average Bonchev–Trinajstić information content (AvgIpc) is 3.99. The number of esters is 2. The van der Waals surface area contributed by atoms with E-state index < -0.39 is 11.9 Å². The van der Waals surface area contributed by atoms with Gasteiger partial charge < -0.3 is 29.7 Å². The molecule has 0 spiro atoms. The number of rotatable bonds is 20. The summed E-state index contributed by atoms with van der Waals surface area (Å²) in [4.78, 5) is 52.4. The number of H-pyrrole nitrogens is 3. The average molecular weight is 873 g/mol. The van der Waals surface area contributed by atoms with Crippen LogP contribution in [0.2, 0.25) is 0 Å². The van der Waals surface area contributed by atoms with Crippen LogP contribution in [0.25, 0.3) is 29.9 Å². The van der Waals surface area contributed by atoms with E-state index in [9.17, 15) is 14.4 Å². The highest BCUT2D eigenvalue weighted by Gasteiger charge is 2.48. The molecule has 1 saturated heterocycles. The zero-order valence-electron chi connectivity index (χ0n) is 40.8. The summed E-state index contributed by atoms with van der Waals surface area (Å²) in [6.07, 6.45) is 23.1. The molecule has 0 amide bonds. The Morgan fingerprint density at radius 3 is 2.14 bits per heavy atom. The minimum absolute atomic E-state index is 0.0876. The standard InChI is InChI=1S/C55H76N4O5/c1-13-39-35(8)42-28-44-37(10)41(24-25-48(60)64-27-26-34(7)23-17-22-33(6)21-16-20-32(5)19-15-18-31(3)4)52(58-44)50-51(55(62)63-12)54(61)49-38(11)45(59-53(49)50)30-47-40(14-2)36(9)43(57-47)29-46(39)56-42/h13,26,28-33,37,41,51,56-59H,1,14-25,27H2,2-12H3/b34-26-,43-29-,44-28-,47-30-,52-50-/t32-,33-,37+,41+,51-/m1/s1. The molecule has 3 aromatic heterocycles. The molecule has 5 atom stereocenters. The summed E-state index contributed by atoms with van der Waals surface area (Å²) in [6, 6.07) is 0. The van der Waals surface area contributed by atoms with Crippen LogP contribution in [-0.4, -0.2) is 46.4 Å². The molecule has 1 aliphatic carbocycles. The van der Waals surface area contributed by atoms with Crippen molar-refractivity contribution in [1.29, 1.82) is 0 Å². The summed E-state index contributed by atoms with van der Waals surface area (Å²) in [6.45, 7) is 26.4. The molecule has 9 nitrogen and oxygen atoms in total. The van der Waals surface area contributed by atoms with E-state index in [0.29, 0.717) is 23.3 Å². The number of carbonyl (C=O) groups is 3. The molecule has 6 rings (SSSR count).